The van der Waals surface area contributed by atoms with Crippen molar-refractivity contribution in [1.29, 1.82) is 0 Å². The Morgan fingerprint density at radius 2 is 2.15 bits per heavy atom. The lowest BCUT2D eigenvalue weighted by atomic mass is 10.1. The predicted molar refractivity (Wildman–Crippen MR) is 44.8 cm³/mol. The summed E-state index contributed by atoms with van der Waals surface area (Å²) in [4.78, 5) is 20.6. The van der Waals surface area contributed by atoms with Gasteiger partial charge in [0.15, 0.2) is 5.78 Å². The van der Waals surface area contributed by atoms with Crippen LogP contribution in [0.5, 0.6) is 5.75 Å². The minimum Gasteiger partial charge on any atom is -0.507 e. The Balaban J connectivity index is 3.43. The molecule has 1 aromatic carbocycles. The molecule has 0 aromatic heterocycles. The van der Waals surface area contributed by atoms with Crippen LogP contribution < -0.4 is 0 Å². The molecule has 0 aliphatic rings. The van der Waals surface area contributed by atoms with Crippen LogP contribution in [0.2, 0.25) is 0 Å². The van der Waals surface area contributed by atoms with Crippen LogP contribution in [0.15, 0.2) is 18.2 Å². The molecule has 0 unspecified atom stereocenters. The number of hydrogen-bond donors (Lipinski definition) is 1. The van der Waals surface area contributed by atoms with E-state index in [1.54, 1.807) is 0 Å². The third kappa shape index (κ3) is 1.64. The van der Waals surface area contributed by atoms with E-state index in [0.29, 0.717) is 0 Å². The van der Waals surface area contributed by atoms with Gasteiger partial charge in [0.05, 0.1) is 4.92 Å². The van der Waals surface area contributed by atoms with Crippen molar-refractivity contribution in [1.82, 2.24) is 0 Å². The summed E-state index contributed by atoms with van der Waals surface area (Å²) in [5.41, 5.74) is -0.611. The zero-order valence-electron chi connectivity index (χ0n) is 6.85. The monoisotopic (exact) mass is 181 g/mol. The van der Waals surface area contributed by atoms with Gasteiger partial charge in [-0.1, -0.05) is 6.07 Å². The van der Waals surface area contributed by atoms with Gasteiger partial charge < -0.3 is 5.11 Å². The lowest BCUT2D eigenvalue weighted by molar-refractivity contribution is -0.385. The molecular formula is C8H7NO4. The number of nitro benzene ring substituents is 1. The van der Waals surface area contributed by atoms with Crippen molar-refractivity contribution >= 4 is 11.5 Å². The highest BCUT2D eigenvalue weighted by Crippen LogP contribution is 2.27. The fourth-order valence-electron chi connectivity index (χ4n) is 1.04. The Morgan fingerprint density at radius 3 is 2.54 bits per heavy atom. The number of ketones is 1. The van der Waals surface area contributed by atoms with Gasteiger partial charge in [0, 0.05) is 6.07 Å². The molecule has 0 aliphatic heterocycles. The SMILES string of the molecule is CC(=O)c1c(O)cccc1[N+](=O)[O-]. The summed E-state index contributed by atoms with van der Waals surface area (Å²) >= 11 is 0. The first-order chi connectivity index (χ1) is 6.04. The lowest BCUT2D eigenvalue weighted by Crippen LogP contribution is -1.99. The normalized spacial score (nSPS) is 9.62. The third-order valence-corrected chi connectivity index (χ3v) is 1.57. The molecule has 1 aromatic rings. The van der Waals surface area contributed by atoms with Gasteiger partial charge >= 0.3 is 0 Å². The zero-order chi connectivity index (χ0) is 10.0. The number of phenols is 1. The molecule has 0 radical (unpaired) electrons. The number of Topliss-reactive ketones (excluding diaryl/α,β-unsaturated/α-hetero) is 1. The number of aromatic hydroxyl groups is 1. The number of benzene rings is 1. The Hall–Kier alpha value is -1.91. The molecule has 0 saturated carbocycles. The number of carbonyl (C=O) groups excluding carboxylic acids is 1. The van der Waals surface area contributed by atoms with Gasteiger partial charge in [-0.05, 0) is 13.0 Å². The van der Waals surface area contributed by atoms with Gasteiger partial charge in [-0.2, -0.15) is 0 Å². The lowest BCUT2D eigenvalue weighted by Gasteiger charge is -2.00. The fourth-order valence-corrected chi connectivity index (χ4v) is 1.04. The summed E-state index contributed by atoms with van der Waals surface area (Å²) in [7, 11) is 0. The van der Waals surface area contributed by atoms with E-state index in [1.165, 1.54) is 25.1 Å². The summed E-state index contributed by atoms with van der Waals surface area (Å²) < 4.78 is 0. The molecule has 0 spiro atoms. The van der Waals surface area contributed by atoms with Gasteiger partial charge in [0.2, 0.25) is 0 Å². The average molecular weight is 181 g/mol. The van der Waals surface area contributed by atoms with Crippen LogP contribution in [0.4, 0.5) is 5.69 Å². The second-order valence-corrected chi connectivity index (χ2v) is 2.48. The van der Waals surface area contributed by atoms with Crippen LogP contribution in [-0.4, -0.2) is 15.8 Å². The maximum atomic E-state index is 10.9. The van der Waals surface area contributed by atoms with Crippen molar-refractivity contribution in [3.8, 4) is 5.75 Å². The first kappa shape index (κ1) is 9.18. The summed E-state index contributed by atoms with van der Waals surface area (Å²) in [6, 6.07) is 3.74. The maximum Gasteiger partial charge on any atom is 0.283 e. The van der Waals surface area contributed by atoms with Crippen LogP contribution in [0.25, 0.3) is 0 Å². The number of nitro groups is 1. The van der Waals surface area contributed by atoms with Gasteiger partial charge in [0.1, 0.15) is 11.3 Å². The van der Waals surface area contributed by atoms with E-state index in [1.807, 2.05) is 0 Å². The van der Waals surface area contributed by atoms with Gasteiger partial charge in [0.25, 0.3) is 5.69 Å². The Morgan fingerprint density at radius 1 is 1.54 bits per heavy atom. The van der Waals surface area contributed by atoms with E-state index >= 15 is 0 Å². The van der Waals surface area contributed by atoms with Crippen LogP contribution in [-0.2, 0) is 0 Å². The minimum atomic E-state index is -0.698. The van der Waals surface area contributed by atoms with Crippen molar-refractivity contribution in [2.24, 2.45) is 0 Å². The van der Waals surface area contributed by atoms with Gasteiger partial charge in [-0.25, -0.2) is 0 Å². The Bertz CT molecular complexity index is 372. The predicted octanol–water partition coefficient (Wildman–Crippen LogP) is 1.50. The van der Waals surface area contributed by atoms with Crippen molar-refractivity contribution < 1.29 is 14.8 Å². The Kier molecular flexibility index (Phi) is 2.27. The van der Waals surface area contributed by atoms with Crippen molar-refractivity contribution in [2.75, 3.05) is 0 Å². The van der Waals surface area contributed by atoms with Crippen LogP contribution in [0, 0.1) is 10.1 Å². The molecule has 5 heteroatoms. The van der Waals surface area contributed by atoms with E-state index in [2.05, 4.69) is 0 Å². The molecule has 0 aliphatic carbocycles. The third-order valence-electron chi connectivity index (χ3n) is 1.57. The molecule has 0 amide bonds. The van der Waals surface area contributed by atoms with E-state index in [9.17, 15) is 20.0 Å². The highest BCUT2D eigenvalue weighted by Gasteiger charge is 2.20. The molecule has 1 rings (SSSR count). The molecular weight excluding hydrogens is 174 g/mol. The van der Waals surface area contributed by atoms with Crippen LogP contribution in [0.1, 0.15) is 17.3 Å². The van der Waals surface area contributed by atoms with Crippen molar-refractivity contribution in [2.45, 2.75) is 6.92 Å². The number of hydrogen-bond acceptors (Lipinski definition) is 4. The maximum absolute atomic E-state index is 10.9. The summed E-state index contributed by atoms with van der Waals surface area (Å²) in [6.07, 6.45) is 0. The molecule has 13 heavy (non-hydrogen) atoms. The fraction of sp³-hybridized carbons (Fsp3) is 0.125. The number of nitrogens with zero attached hydrogens (tertiary/aromatic N) is 1. The molecule has 0 atom stereocenters. The van der Waals surface area contributed by atoms with Crippen LogP contribution in [0.3, 0.4) is 0 Å². The number of rotatable bonds is 2. The van der Waals surface area contributed by atoms with Crippen molar-refractivity contribution in [3.05, 3.63) is 33.9 Å². The second-order valence-electron chi connectivity index (χ2n) is 2.48. The largest absolute Gasteiger partial charge is 0.507 e. The number of phenolic OH excluding ortho intramolecular Hbond substituents is 1. The summed E-state index contributed by atoms with van der Waals surface area (Å²) in [5, 5.41) is 19.6. The first-order valence-corrected chi connectivity index (χ1v) is 3.51. The van der Waals surface area contributed by atoms with Gasteiger partial charge in [-0.3, -0.25) is 14.9 Å². The molecule has 0 heterocycles. The molecule has 68 valence electrons. The van der Waals surface area contributed by atoms with E-state index in [0.717, 1.165) is 0 Å². The quantitative estimate of drug-likeness (QED) is 0.426. The average Bonchev–Trinajstić information content (AvgIpc) is 2.02. The standard InChI is InChI=1S/C8H7NO4/c1-5(10)8-6(9(12)13)3-2-4-7(8)11/h2-4,11H,1H3. The van der Waals surface area contributed by atoms with E-state index < -0.39 is 10.7 Å². The van der Waals surface area contributed by atoms with E-state index in [4.69, 9.17) is 0 Å². The summed E-state index contributed by atoms with van der Waals surface area (Å²) in [5.74, 6) is -0.883. The Labute approximate surface area is 73.8 Å². The molecule has 5 nitrogen and oxygen atoms in total. The van der Waals surface area contributed by atoms with Crippen molar-refractivity contribution in [3.63, 3.8) is 0 Å². The first-order valence-electron chi connectivity index (χ1n) is 3.51. The molecule has 1 N–H and O–H groups in total. The highest BCUT2D eigenvalue weighted by atomic mass is 16.6. The number of carbonyl (C=O) groups is 1. The molecule has 0 saturated heterocycles. The smallest absolute Gasteiger partial charge is 0.283 e. The molecule has 0 fully saturated rings. The van der Waals surface area contributed by atoms with E-state index in [-0.39, 0.29) is 17.0 Å². The second kappa shape index (κ2) is 3.22. The zero-order valence-corrected chi connectivity index (χ0v) is 6.85. The topological polar surface area (TPSA) is 80.4 Å². The summed E-state index contributed by atoms with van der Waals surface area (Å²) in [6.45, 7) is 1.17. The van der Waals surface area contributed by atoms with Gasteiger partial charge in [-0.15, -0.1) is 0 Å². The molecule has 0 bridgehead atoms. The minimum absolute atomic E-state index is 0.243. The highest BCUT2D eigenvalue weighted by molar-refractivity contribution is 6.00. The van der Waals surface area contributed by atoms with Crippen LogP contribution >= 0.6 is 0 Å².